The van der Waals surface area contributed by atoms with E-state index in [-0.39, 0.29) is 41.9 Å². The highest BCUT2D eigenvalue weighted by Crippen LogP contribution is 2.29. The van der Waals surface area contributed by atoms with E-state index >= 15 is 0 Å². The lowest BCUT2D eigenvalue weighted by Gasteiger charge is -2.29. The molecule has 0 radical (unpaired) electrons. The van der Waals surface area contributed by atoms with Gasteiger partial charge in [0.05, 0.1) is 16.9 Å². The zero-order valence-electron chi connectivity index (χ0n) is 17.2. The second-order valence-electron chi connectivity index (χ2n) is 7.58. The van der Waals surface area contributed by atoms with Crippen LogP contribution in [0.2, 0.25) is 0 Å². The van der Waals surface area contributed by atoms with Crippen LogP contribution in [-0.2, 0) is 24.4 Å². The minimum atomic E-state index is -3.98. The van der Waals surface area contributed by atoms with Gasteiger partial charge in [0.25, 0.3) is 0 Å². The number of hydrogen-bond acceptors (Lipinski definition) is 5. The third-order valence-electron chi connectivity index (χ3n) is 5.30. The number of hydrogen-bond donors (Lipinski definition) is 1. The molecule has 0 spiro atoms. The van der Waals surface area contributed by atoms with Gasteiger partial charge < -0.3 is 0 Å². The predicted molar refractivity (Wildman–Crippen MR) is 119 cm³/mol. The number of ketones is 1. The molecule has 1 aliphatic rings. The summed E-state index contributed by atoms with van der Waals surface area (Å²) in [7, 11) is -3.98. The number of sulfonamides is 1. The average molecular weight is 507 g/mol. The van der Waals surface area contributed by atoms with Gasteiger partial charge in [-0.05, 0) is 43.7 Å². The summed E-state index contributed by atoms with van der Waals surface area (Å²) in [6, 6.07) is 12.3. The van der Waals surface area contributed by atoms with E-state index in [0.717, 1.165) is 14.9 Å². The molecule has 9 heteroatoms. The summed E-state index contributed by atoms with van der Waals surface area (Å²) in [4.78, 5) is 38.0. The molecule has 164 valence electrons. The number of amides is 2. The van der Waals surface area contributed by atoms with Crippen LogP contribution in [0.5, 0.6) is 0 Å². The first-order valence-corrected chi connectivity index (χ1v) is 12.0. The number of carbonyl (C=O) groups is 3. The maximum Gasteiger partial charge on any atom is 0.241 e. The van der Waals surface area contributed by atoms with Crippen molar-refractivity contribution in [1.82, 2.24) is 9.62 Å². The number of likely N-dealkylation sites (tertiary alicyclic amines) is 1. The Morgan fingerprint density at radius 3 is 2.10 bits per heavy atom. The number of halogens is 1. The van der Waals surface area contributed by atoms with Crippen molar-refractivity contribution in [2.45, 2.75) is 37.6 Å². The Hall–Kier alpha value is -2.36. The fourth-order valence-corrected chi connectivity index (χ4v) is 5.03. The highest BCUT2D eigenvalue weighted by Gasteiger charge is 2.37. The third-order valence-corrected chi connectivity index (χ3v) is 7.29. The van der Waals surface area contributed by atoms with Crippen molar-refractivity contribution in [1.29, 1.82) is 0 Å². The molecule has 1 aliphatic heterocycles. The Balaban J connectivity index is 2.00. The summed E-state index contributed by atoms with van der Waals surface area (Å²) in [6.07, 6.45) is 0.197. The topological polar surface area (TPSA) is 101 Å². The normalized spacial score (nSPS) is 16.4. The summed E-state index contributed by atoms with van der Waals surface area (Å²) in [5.74, 6) is -1.97. The molecule has 1 saturated heterocycles. The average Bonchev–Trinajstić information content (AvgIpc) is 3.03. The van der Waals surface area contributed by atoms with Crippen LogP contribution in [0, 0.1) is 12.8 Å². The van der Waals surface area contributed by atoms with Gasteiger partial charge in [0.2, 0.25) is 21.8 Å². The standard InChI is InChI=1S/C22H23BrN2O5S/c1-14-3-9-18(10-4-14)31(29,30)24-22(16-5-7-17(23)8-6-16)19(15(2)26)13-25-20(27)11-12-21(25)28/h3-10,19,22,24H,11-13H2,1-2H3/t19-,22+/m1/s1. The fraction of sp³-hybridized carbons (Fsp3) is 0.318. The van der Waals surface area contributed by atoms with Crippen molar-refractivity contribution in [2.75, 3.05) is 6.54 Å². The van der Waals surface area contributed by atoms with Crippen molar-refractivity contribution in [2.24, 2.45) is 5.92 Å². The molecule has 2 amide bonds. The lowest BCUT2D eigenvalue weighted by molar-refractivity contribution is -0.139. The summed E-state index contributed by atoms with van der Waals surface area (Å²) in [5.41, 5.74) is 1.47. The molecular weight excluding hydrogens is 484 g/mol. The van der Waals surface area contributed by atoms with E-state index in [1.54, 1.807) is 36.4 Å². The van der Waals surface area contributed by atoms with Crippen molar-refractivity contribution in [3.8, 4) is 0 Å². The number of rotatable bonds is 8. The molecule has 2 aromatic rings. The van der Waals surface area contributed by atoms with Gasteiger partial charge in [0.15, 0.2) is 0 Å². The molecule has 1 fully saturated rings. The van der Waals surface area contributed by atoms with E-state index in [4.69, 9.17) is 0 Å². The van der Waals surface area contributed by atoms with Crippen molar-refractivity contribution < 1.29 is 22.8 Å². The lowest BCUT2D eigenvalue weighted by Crippen LogP contribution is -2.44. The van der Waals surface area contributed by atoms with E-state index in [2.05, 4.69) is 20.7 Å². The number of imide groups is 1. The third kappa shape index (κ3) is 5.47. The van der Waals surface area contributed by atoms with Crippen LogP contribution in [0.1, 0.15) is 36.9 Å². The van der Waals surface area contributed by atoms with Crippen LogP contribution >= 0.6 is 15.9 Å². The van der Waals surface area contributed by atoms with Crippen molar-refractivity contribution in [3.63, 3.8) is 0 Å². The molecule has 7 nitrogen and oxygen atoms in total. The molecular formula is C22H23BrN2O5S. The van der Waals surface area contributed by atoms with Crippen LogP contribution in [0.3, 0.4) is 0 Å². The highest BCUT2D eigenvalue weighted by atomic mass is 79.9. The number of carbonyl (C=O) groups excluding carboxylic acids is 3. The van der Waals surface area contributed by atoms with E-state index in [1.807, 2.05) is 6.92 Å². The van der Waals surface area contributed by atoms with Crippen LogP contribution in [0.15, 0.2) is 57.9 Å². The number of nitrogens with one attached hydrogen (secondary N) is 1. The predicted octanol–water partition coefficient (Wildman–Crippen LogP) is 3.13. The molecule has 0 unspecified atom stereocenters. The Labute approximate surface area is 190 Å². The molecule has 1 N–H and O–H groups in total. The van der Waals surface area contributed by atoms with Gasteiger partial charge in [-0.3, -0.25) is 19.3 Å². The molecule has 0 saturated carbocycles. The molecule has 3 rings (SSSR count). The highest BCUT2D eigenvalue weighted by molar-refractivity contribution is 9.10. The zero-order valence-corrected chi connectivity index (χ0v) is 19.6. The van der Waals surface area contributed by atoms with Gasteiger partial charge in [-0.1, -0.05) is 45.8 Å². The maximum atomic E-state index is 13.1. The SMILES string of the molecule is CC(=O)[C@@H](CN1C(=O)CCC1=O)[C@@H](NS(=O)(=O)c1ccc(C)cc1)c1ccc(Br)cc1. The number of aryl methyl sites for hydroxylation is 1. The van der Waals surface area contributed by atoms with Gasteiger partial charge in [-0.15, -0.1) is 0 Å². The van der Waals surface area contributed by atoms with E-state index in [9.17, 15) is 22.8 Å². The van der Waals surface area contributed by atoms with Gasteiger partial charge in [-0.2, -0.15) is 0 Å². The van der Waals surface area contributed by atoms with Crippen LogP contribution in [0.4, 0.5) is 0 Å². The Kier molecular flexibility index (Phi) is 7.08. The Morgan fingerprint density at radius 2 is 1.58 bits per heavy atom. The summed E-state index contributed by atoms with van der Waals surface area (Å²) >= 11 is 3.35. The largest absolute Gasteiger partial charge is 0.300 e. The lowest BCUT2D eigenvalue weighted by atomic mass is 9.90. The van der Waals surface area contributed by atoms with Crippen LogP contribution < -0.4 is 4.72 Å². The molecule has 1 heterocycles. The molecule has 0 bridgehead atoms. The Morgan fingerprint density at radius 1 is 1.03 bits per heavy atom. The molecule has 2 atom stereocenters. The van der Waals surface area contributed by atoms with Gasteiger partial charge >= 0.3 is 0 Å². The Bertz CT molecular complexity index is 1080. The minimum absolute atomic E-state index is 0.0656. The molecule has 0 aromatic heterocycles. The van der Waals surface area contributed by atoms with Crippen molar-refractivity contribution >= 4 is 43.6 Å². The number of nitrogens with zero attached hydrogens (tertiary/aromatic N) is 1. The van der Waals surface area contributed by atoms with Gasteiger partial charge in [-0.25, -0.2) is 13.1 Å². The van der Waals surface area contributed by atoms with E-state index in [1.165, 1.54) is 19.1 Å². The second-order valence-corrected chi connectivity index (χ2v) is 10.2. The maximum absolute atomic E-state index is 13.1. The first-order valence-electron chi connectivity index (χ1n) is 9.76. The number of benzene rings is 2. The monoisotopic (exact) mass is 506 g/mol. The first-order chi connectivity index (χ1) is 14.6. The van der Waals surface area contributed by atoms with Crippen molar-refractivity contribution in [3.05, 3.63) is 64.1 Å². The smallest absolute Gasteiger partial charge is 0.241 e. The van der Waals surface area contributed by atoms with Gasteiger partial charge in [0, 0.05) is 23.9 Å². The summed E-state index contributed by atoms with van der Waals surface area (Å²) < 4.78 is 29.6. The number of Topliss-reactive ketones (excluding diaryl/α,β-unsaturated/α-hetero) is 1. The van der Waals surface area contributed by atoms with E-state index < -0.39 is 22.0 Å². The fourth-order valence-electron chi connectivity index (χ4n) is 3.50. The summed E-state index contributed by atoms with van der Waals surface area (Å²) in [6.45, 7) is 3.01. The first kappa shape index (κ1) is 23.3. The van der Waals surface area contributed by atoms with E-state index in [0.29, 0.717) is 5.56 Å². The summed E-state index contributed by atoms with van der Waals surface area (Å²) in [5, 5.41) is 0. The second kappa shape index (κ2) is 9.42. The zero-order chi connectivity index (χ0) is 22.8. The quantitative estimate of drug-likeness (QED) is 0.554. The molecule has 2 aromatic carbocycles. The minimum Gasteiger partial charge on any atom is -0.300 e. The molecule has 31 heavy (non-hydrogen) atoms. The van der Waals surface area contributed by atoms with Crippen LogP contribution in [-0.4, -0.2) is 37.5 Å². The molecule has 0 aliphatic carbocycles. The van der Waals surface area contributed by atoms with Gasteiger partial charge in [0.1, 0.15) is 5.78 Å². The van der Waals surface area contributed by atoms with Crippen LogP contribution in [0.25, 0.3) is 0 Å².